The molecule has 2 amide bonds. The zero-order valence-electron chi connectivity index (χ0n) is 14.5. The Balaban J connectivity index is 0.00000312. The minimum atomic E-state index is -0.452. The molecule has 1 saturated heterocycles. The van der Waals surface area contributed by atoms with Gasteiger partial charge in [0.15, 0.2) is 0 Å². The van der Waals surface area contributed by atoms with Gasteiger partial charge < -0.3 is 16.4 Å². The summed E-state index contributed by atoms with van der Waals surface area (Å²) >= 11 is 6.01. The van der Waals surface area contributed by atoms with E-state index in [-0.39, 0.29) is 24.7 Å². The van der Waals surface area contributed by atoms with Gasteiger partial charge in [-0.05, 0) is 55.5 Å². The van der Waals surface area contributed by atoms with Crippen molar-refractivity contribution in [3.8, 4) is 0 Å². The third-order valence-corrected chi connectivity index (χ3v) is 4.92. The number of piperidine rings is 1. The number of hydrogen-bond acceptors (Lipinski definition) is 3. The number of nitrogens with two attached hydrogens (primary N) is 1. The van der Waals surface area contributed by atoms with Gasteiger partial charge in [-0.1, -0.05) is 30.7 Å². The first kappa shape index (κ1) is 21.7. The number of carbonyl (C=O) groups excluding carboxylic acids is 2. The molecule has 1 heterocycles. The molecule has 2 atom stereocenters. The third kappa shape index (κ3) is 7.22. The van der Waals surface area contributed by atoms with Crippen LogP contribution in [0.4, 0.5) is 0 Å². The van der Waals surface area contributed by atoms with Crippen LogP contribution in [0.5, 0.6) is 0 Å². The smallest absolute Gasteiger partial charge is 0.220 e. The molecule has 4 N–H and O–H groups in total. The highest BCUT2D eigenvalue weighted by Gasteiger charge is 2.24. The van der Waals surface area contributed by atoms with Crippen molar-refractivity contribution in [3.63, 3.8) is 0 Å². The molecular weight excluding hydrogens is 361 g/mol. The van der Waals surface area contributed by atoms with E-state index in [0.717, 1.165) is 31.5 Å². The van der Waals surface area contributed by atoms with Crippen molar-refractivity contribution in [2.24, 2.45) is 17.6 Å². The molecule has 1 aliphatic rings. The van der Waals surface area contributed by atoms with Gasteiger partial charge in [-0.3, -0.25) is 9.59 Å². The number of amides is 2. The summed E-state index contributed by atoms with van der Waals surface area (Å²) in [7, 11) is 0. The maximum atomic E-state index is 12.4. The third-order valence-electron chi connectivity index (χ3n) is 4.69. The molecule has 140 valence electrons. The van der Waals surface area contributed by atoms with E-state index in [2.05, 4.69) is 17.6 Å². The van der Waals surface area contributed by atoms with E-state index >= 15 is 0 Å². The molecule has 5 nitrogen and oxygen atoms in total. The van der Waals surface area contributed by atoms with E-state index in [1.54, 1.807) is 18.2 Å². The fourth-order valence-corrected chi connectivity index (χ4v) is 3.50. The first-order valence-corrected chi connectivity index (χ1v) is 8.87. The predicted molar refractivity (Wildman–Crippen MR) is 103 cm³/mol. The SMILES string of the molecule is CC(CC(=O)N[C@H](CC(N)=O)c1cccc(Cl)c1)C1CCNCC1.Cl. The lowest BCUT2D eigenvalue weighted by atomic mass is 9.84. The molecule has 1 aliphatic heterocycles. The van der Waals surface area contributed by atoms with Gasteiger partial charge in [-0.25, -0.2) is 0 Å². The number of carbonyl (C=O) groups is 2. The monoisotopic (exact) mass is 387 g/mol. The summed E-state index contributed by atoms with van der Waals surface area (Å²) in [6.07, 6.45) is 2.73. The summed E-state index contributed by atoms with van der Waals surface area (Å²) in [5, 5.41) is 6.86. The van der Waals surface area contributed by atoms with Gasteiger partial charge >= 0.3 is 0 Å². The van der Waals surface area contributed by atoms with Gasteiger partial charge in [0.1, 0.15) is 0 Å². The summed E-state index contributed by atoms with van der Waals surface area (Å²) in [5.74, 6) is 0.386. The Bertz CT molecular complexity index is 577. The standard InChI is InChI=1S/C18H26ClN3O2.ClH/c1-12(13-5-7-21-8-6-13)9-18(24)22-16(11-17(20)23)14-3-2-4-15(19)10-14;/h2-4,10,12-13,16,21H,5-9,11H2,1H3,(H2,20,23)(H,22,24);1H/t12?,16-;/m1./s1. The topological polar surface area (TPSA) is 84.2 Å². The normalized spacial score (nSPS) is 17.2. The van der Waals surface area contributed by atoms with Crippen molar-refractivity contribution in [3.05, 3.63) is 34.9 Å². The van der Waals surface area contributed by atoms with E-state index < -0.39 is 11.9 Å². The van der Waals surface area contributed by atoms with Crippen molar-refractivity contribution in [1.29, 1.82) is 0 Å². The van der Waals surface area contributed by atoms with Crippen LogP contribution >= 0.6 is 24.0 Å². The molecule has 0 aromatic heterocycles. The Hall–Kier alpha value is -1.30. The van der Waals surface area contributed by atoms with Crippen molar-refractivity contribution < 1.29 is 9.59 Å². The van der Waals surface area contributed by atoms with Crippen LogP contribution < -0.4 is 16.4 Å². The summed E-state index contributed by atoms with van der Waals surface area (Å²) in [5.41, 5.74) is 6.13. The minimum Gasteiger partial charge on any atom is -0.370 e. The summed E-state index contributed by atoms with van der Waals surface area (Å²) in [6, 6.07) is 6.72. The van der Waals surface area contributed by atoms with Crippen LogP contribution in [0.2, 0.25) is 5.02 Å². The predicted octanol–water partition coefficient (Wildman–Crippen LogP) is 2.82. The second kappa shape index (κ2) is 10.6. The summed E-state index contributed by atoms with van der Waals surface area (Å²) in [6.45, 7) is 4.16. The van der Waals surface area contributed by atoms with Crippen molar-refractivity contribution >= 4 is 35.8 Å². The van der Waals surface area contributed by atoms with Gasteiger partial charge in [0.2, 0.25) is 11.8 Å². The fourth-order valence-electron chi connectivity index (χ4n) is 3.30. The molecule has 25 heavy (non-hydrogen) atoms. The van der Waals surface area contributed by atoms with Crippen LogP contribution in [-0.2, 0) is 9.59 Å². The lowest BCUT2D eigenvalue weighted by molar-refractivity contribution is -0.123. The molecule has 7 heteroatoms. The van der Waals surface area contributed by atoms with Gasteiger partial charge in [0.25, 0.3) is 0 Å². The molecule has 0 bridgehead atoms. The van der Waals surface area contributed by atoms with Crippen LogP contribution in [0.25, 0.3) is 0 Å². The lowest BCUT2D eigenvalue weighted by Gasteiger charge is -2.28. The van der Waals surface area contributed by atoms with Gasteiger partial charge in [-0.2, -0.15) is 0 Å². The molecule has 0 radical (unpaired) electrons. The molecule has 0 aliphatic carbocycles. The van der Waals surface area contributed by atoms with Crippen LogP contribution in [0.1, 0.15) is 44.2 Å². The molecule has 1 fully saturated rings. The Morgan fingerprint density at radius 2 is 2.00 bits per heavy atom. The molecule has 0 saturated carbocycles. The number of rotatable bonds is 7. The van der Waals surface area contributed by atoms with Gasteiger partial charge in [0, 0.05) is 11.4 Å². The fraction of sp³-hybridized carbons (Fsp3) is 0.556. The molecule has 0 spiro atoms. The zero-order valence-corrected chi connectivity index (χ0v) is 16.0. The Labute approximate surface area is 160 Å². The Kier molecular flexibility index (Phi) is 9.25. The molecule has 2 rings (SSSR count). The minimum absolute atomic E-state index is 0. The number of nitrogens with one attached hydrogen (secondary N) is 2. The van der Waals surface area contributed by atoms with Gasteiger partial charge in [-0.15, -0.1) is 12.4 Å². The van der Waals surface area contributed by atoms with Crippen molar-refractivity contribution in [2.75, 3.05) is 13.1 Å². The molecule has 1 aromatic carbocycles. The van der Waals surface area contributed by atoms with Crippen LogP contribution in [-0.4, -0.2) is 24.9 Å². The van der Waals surface area contributed by atoms with E-state index in [0.29, 0.717) is 23.3 Å². The lowest BCUT2D eigenvalue weighted by Crippen LogP contribution is -2.35. The largest absolute Gasteiger partial charge is 0.370 e. The number of halogens is 2. The molecule has 1 aromatic rings. The zero-order chi connectivity index (χ0) is 17.5. The number of hydrogen-bond donors (Lipinski definition) is 3. The Morgan fingerprint density at radius 1 is 1.32 bits per heavy atom. The first-order valence-electron chi connectivity index (χ1n) is 8.49. The second-order valence-electron chi connectivity index (χ2n) is 6.61. The summed E-state index contributed by atoms with van der Waals surface area (Å²) < 4.78 is 0. The maximum Gasteiger partial charge on any atom is 0.220 e. The van der Waals surface area contributed by atoms with E-state index in [1.807, 2.05) is 6.07 Å². The van der Waals surface area contributed by atoms with Crippen LogP contribution in [0.3, 0.4) is 0 Å². The average molecular weight is 388 g/mol. The van der Waals surface area contributed by atoms with E-state index in [9.17, 15) is 9.59 Å². The first-order chi connectivity index (χ1) is 11.5. The van der Waals surface area contributed by atoms with Gasteiger partial charge in [0.05, 0.1) is 12.5 Å². The number of primary amides is 1. The summed E-state index contributed by atoms with van der Waals surface area (Å²) in [4.78, 5) is 23.8. The van der Waals surface area contributed by atoms with Crippen molar-refractivity contribution in [1.82, 2.24) is 10.6 Å². The molecular formula is C18H27Cl2N3O2. The Morgan fingerprint density at radius 3 is 2.60 bits per heavy atom. The van der Waals surface area contributed by atoms with Crippen LogP contribution in [0, 0.1) is 11.8 Å². The highest BCUT2D eigenvalue weighted by molar-refractivity contribution is 6.30. The maximum absolute atomic E-state index is 12.4. The number of benzene rings is 1. The van der Waals surface area contributed by atoms with Crippen molar-refractivity contribution in [2.45, 2.75) is 38.6 Å². The average Bonchev–Trinajstić information content (AvgIpc) is 2.54. The quantitative estimate of drug-likeness (QED) is 0.672. The van der Waals surface area contributed by atoms with E-state index in [1.165, 1.54) is 0 Å². The second-order valence-corrected chi connectivity index (χ2v) is 7.05. The highest BCUT2D eigenvalue weighted by Crippen LogP contribution is 2.25. The van der Waals surface area contributed by atoms with Crippen LogP contribution in [0.15, 0.2) is 24.3 Å². The highest BCUT2D eigenvalue weighted by atomic mass is 35.5. The molecule has 1 unspecified atom stereocenters. The van der Waals surface area contributed by atoms with E-state index in [4.69, 9.17) is 17.3 Å².